The number of amides is 2. The summed E-state index contributed by atoms with van der Waals surface area (Å²) in [6, 6.07) is 4.66. The summed E-state index contributed by atoms with van der Waals surface area (Å²) in [6.45, 7) is 3.66. The summed E-state index contributed by atoms with van der Waals surface area (Å²) >= 11 is 6.40. The predicted octanol–water partition coefficient (Wildman–Crippen LogP) is 6.84. The summed E-state index contributed by atoms with van der Waals surface area (Å²) in [7, 11) is -3.93. The summed E-state index contributed by atoms with van der Waals surface area (Å²) in [4.78, 5) is 63.4. The van der Waals surface area contributed by atoms with Crippen LogP contribution in [0.2, 0.25) is 5.02 Å². The van der Waals surface area contributed by atoms with Gasteiger partial charge in [0.1, 0.15) is 17.5 Å². The molecule has 13 heteroatoms. The Morgan fingerprint density at radius 3 is 2.58 bits per heavy atom. The summed E-state index contributed by atoms with van der Waals surface area (Å²) in [5.41, 5.74) is 0.349. The number of Topliss-reactive ketones (excluding diaryl/α,β-unsaturated/α-hetero) is 1. The van der Waals surface area contributed by atoms with Crippen LogP contribution in [-0.2, 0) is 40.4 Å². The van der Waals surface area contributed by atoms with Gasteiger partial charge in [-0.1, -0.05) is 36.6 Å². The molecule has 5 atom stereocenters. The number of benzene rings is 1. The first-order valence-electron chi connectivity index (χ1n) is 20.3. The number of nitrogens with zero attached hydrogens (tertiary/aromatic N) is 2. The second-order valence-corrected chi connectivity index (χ2v) is 20.1. The molecule has 3 aliphatic carbocycles. The van der Waals surface area contributed by atoms with Crippen molar-refractivity contribution in [2.75, 3.05) is 6.54 Å². The molecule has 11 nitrogen and oxygen atoms in total. The number of allylic oxidation sites excluding steroid dienone is 2. The number of fused-ring (bicyclic) bond motifs is 5. The third kappa shape index (κ3) is 7.42. The van der Waals surface area contributed by atoms with Gasteiger partial charge in [0.2, 0.25) is 21.8 Å². The van der Waals surface area contributed by atoms with Crippen LogP contribution in [0.1, 0.15) is 121 Å². The second kappa shape index (κ2) is 14.5. The van der Waals surface area contributed by atoms with Gasteiger partial charge in [0.25, 0.3) is 0 Å². The maximum absolute atomic E-state index is 14.9. The Labute approximate surface area is 328 Å². The standard InChI is InChI=1S/C42H52ClN3O8S/c1-26-37-31(32-21-29(43)14-15-33(32)44-26)16-17-41(54-37)23-34-35(47)24-42(39(50)45-55(51,52)40(2)18-19-40)22-28(42)11-7-5-3-4-6-10-27(38(49)46(34)25-41)20-36(48)53-30-12-8-9-13-30/h7,11,14-15,21,27-28,30,34H,3-6,8-10,12-13,16-20,22-25H2,1-2H3,(H,45,50)/b11-7-/t27-,28-,34+,41-,42-/m1/s1. The second-order valence-electron chi connectivity index (χ2n) is 17.5. The molecule has 2 amide bonds. The highest BCUT2D eigenvalue weighted by molar-refractivity contribution is 7.91. The average Bonchev–Trinajstić information content (AvgIpc) is 3.94. The van der Waals surface area contributed by atoms with Crippen molar-refractivity contribution in [1.82, 2.24) is 14.6 Å². The van der Waals surface area contributed by atoms with Gasteiger partial charge in [-0.2, -0.15) is 0 Å². The van der Waals surface area contributed by atoms with E-state index in [4.69, 9.17) is 26.1 Å². The van der Waals surface area contributed by atoms with Crippen LogP contribution in [0.3, 0.4) is 0 Å². The first kappa shape index (κ1) is 38.4. The molecule has 8 rings (SSSR count). The third-order valence-corrected chi connectivity index (χ3v) is 15.8. The van der Waals surface area contributed by atoms with E-state index in [1.807, 2.05) is 37.3 Å². The lowest BCUT2D eigenvalue weighted by molar-refractivity contribution is -0.154. The molecule has 6 aliphatic rings. The number of esters is 1. The minimum Gasteiger partial charge on any atom is -0.483 e. The van der Waals surface area contributed by atoms with Crippen LogP contribution >= 0.6 is 11.6 Å². The highest BCUT2D eigenvalue weighted by Gasteiger charge is 2.63. The quantitative estimate of drug-likeness (QED) is 0.245. The number of aromatic nitrogens is 1. The Hall–Kier alpha value is -3.51. The summed E-state index contributed by atoms with van der Waals surface area (Å²) in [6.07, 6.45) is 13.6. The van der Waals surface area contributed by atoms with Gasteiger partial charge >= 0.3 is 5.97 Å². The van der Waals surface area contributed by atoms with Gasteiger partial charge in [-0.05, 0) is 115 Å². The average molecular weight is 794 g/mol. The van der Waals surface area contributed by atoms with Gasteiger partial charge in [0.05, 0.1) is 40.4 Å². The Morgan fingerprint density at radius 1 is 1.05 bits per heavy atom. The highest BCUT2D eigenvalue weighted by atomic mass is 35.5. The van der Waals surface area contributed by atoms with Crippen LogP contribution in [0.15, 0.2) is 30.4 Å². The van der Waals surface area contributed by atoms with E-state index in [1.165, 1.54) is 0 Å². The van der Waals surface area contributed by atoms with E-state index in [0.717, 1.165) is 67.8 Å². The van der Waals surface area contributed by atoms with E-state index in [0.29, 0.717) is 55.0 Å². The lowest BCUT2D eigenvalue weighted by Gasteiger charge is -2.36. The molecule has 55 heavy (non-hydrogen) atoms. The number of ether oxygens (including phenoxy) is 2. The molecule has 0 bridgehead atoms. The zero-order valence-electron chi connectivity index (χ0n) is 31.9. The molecule has 2 aromatic rings. The van der Waals surface area contributed by atoms with Crippen molar-refractivity contribution in [2.45, 2.75) is 145 Å². The Balaban J connectivity index is 1.12. The number of aryl methyl sites for hydroxylation is 2. The fraction of sp³-hybridized carbons (Fsp3) is 0.643. The molecular formula is C42H52ClN3O8S. The molecular weight excluding hydrogens is 742 g/mol. The molecule has 296 valence electrons. The molecule has 1 N–H and O–H groups in total. The number of hydrogen-bond donors (Lipinski definition) is 1. The van der Waals surface area contributed by atoms with E-state index < -0.39 is 43.7 Å². The number of ketones is 1. The Kier molecular flexibility index (Phi) is 10.1. The molecule has 3 saturated carbocycles. The molecule has 0 unspecified atom stereocenters. The molecule has 1 aromatic carbocycles. The lowest BCUT2D eigenvalue weighted by Crippen LogP contribution is -2.48. The fourth-order valence-corrected chi connectivity index (χ4v) is 11.1. The zero-order valence-corrected chi connectivity index (χ0v) is 33.4. The molecule has 0 radical (unpaired) electrons. The first-order chi connectivity index (χ1) is 26.2. The number of sulfonamides is 1. The molecule has 4 fully saturated rings. The molecule has 4 heterocycles. The molecule has 3 aliphatic heterocycles. The highest BCUT2D eigenvalue weighted by Crippen LogP contribution is 2.58. The van der Waals surface area contributed by atoms with Crippen molar-refractivity contribution >= 4 is 56.1 Å². The minimum absolute atomic E-state index is 0.0653. The summed E-state index contributed by atoms with van der Waals surface area (Å²) in [5, 5.41) is 1.49. The smallest absolute Gasteiger partial charge is 0.306 e. The molecule has 1 spiro atoms. The topological polar surface area (TPSA) is 149 Å². The number of carbonyl (C=O) groups excluding carboxylic acids is 4. The van der Waals surface area contributed by atoms with Gasteiger partial charge in [0.15, 0.2) is 5.78 Å². The van der Waals surface area contributed by atoms with Gasteiger partial charge < -0.3 is 14.4 Å². The van der Waals surface area contributed by atoms with Crippen molar-refractivity contribution in [3.05, 3.63) is 46.6 Å². The van der Waals surface area contributed by atoms with Gasteiger partial charge in [-0.3, -0.25) is 23.9 Å². The molecule has 1 aromatic heterocycles. The molecule has 1 saturated heterocycles. The maximum atomic E-state index is 14.9. The van der Waals surface area contributed by atoms with Crippen LogP contribution < -0.4 is 9.46 Å². The number of carbonyl (C=O) groups is 4. The van der Waals surface area contributed by atoms with Gasteiger partial charge in [0, 0.05) is 34.7 Å². The normalized spacial score (nSPS) is 31.4. The Bertz CT molecular complexity index is 2060. The van der Waals surface area contributed by atoms with Gasteiger partial charge in [-0.25, -0.2) is 13.4 Å². The number of pyridine rings is 1. The monoisotopic (exact) mass is 793 g/mol. The third-order valence-electron chi connectivity index (χ3n) is 13.4. The van der Waals surface area contributed by atoms with Crippen LogP contribution in [0.25, 0.3) is 10.9 Å². The van der Waals surface area contributed by atoms with Crippen LogP contribution in [0, 0.1) is 24.2 Å². The van der Waals surface area contributed by atoms with Crippen LogP contribution in [0.5, 0.6) is 5.75 Å². The summed E-state index contributed by atoms with van der Waals surface area (Å²) in [5.74, 6) is -1.98. The van der Waals surface area contributed by atoms with Crippen molar-refractivity contribution < 1.29 is 37.1 Å². The predicted molar refractivity (Wildman–Crippen MR) is 207 cm³/mol. The summed E-state index contributed by atoms with van der Waals surface area (Å²) < 4.78 is 40.6. The maximum Gasteiger partial charge on any atom is 0.306 e. The number of nitrogens with one attached hydrogen (secondary N) is 1. The number of hydrogen-bond acceptors (Lipinski definition) is 9. The van der Waals surface area contributed by atoms with E-state index in [-0.39, 0.29) is 55.5 Å². The van der Waals surface area contributed by atoms with Crippen molar-refractivity contribution in [1.29, 1.82) is 0 Å². The van der Waals surface area contributed by atoms with Crippen LogP contribution in [0.4, 0.5) is 0 Å². The van der Waals surface area contributed by atoms with Crippen molar-refractivity contribution in [2.24, 2.45) is 17.3 Å². The SMILES string of the molecule is Cc1nc2ccc(Cl)cc2c2c1O[C@]1(CC2)C[C@H]2C(=O)C[C@]3(C(=O)NS(=O)(=O)C4(C)CC4)C[C@H]3/C=C\CCCCC[C@H](CC(=O)OC3CCCC3)C(=O)N2C1. The first-order valence-corrected chi connectivity index (χ1v) is 22.1. The van der Waals surface area contributed by atoms with Gasteiger partial charge in [-0.15, -0.1) is 0 Å². The van der Waals surface area contributed by atoms with E-state index in [2.05, 4.69) is 4.72 Å². The van der Waals surface area contributed by atoms with Crippen molar-refractivity contribution in [3.8, 4) is 5.75 Å². The number of halogens is 1. The van der Waals surface area contributed by atoms with E-state index in [9.17, 15) is 27.6 Å². The largest absolute Gasteiger partial charge is 0.483 e. The van der Waals surface area contributed by atoms with Crippen molar-refractivity contribution in [3.63, 3.8) is 0 Å². The minimum atomic E-state index is -3.93. The van der Waals surface area contributed by atoms with E-state index >= 15 is 0 Å². The lowest BCUT2D eigenvalue weighted by atomic mass is 9.85. The fourth-order valence-electron chi connectivity index (χ4n) is 9.58. The zero-order chi connectivity index (χ0) is 38.8. The number of rotatable bonds is 6. The Morgan fingerprint density at radius 2 is 1.82 bits per heavy atom. The van der Waals surface area contributed by atoms with E-state index in [1.54, 1.807) is 11.8 Å². The van der Waals surface area contributed by atoms with Crippen LogP contribution in [-0.4, -0.2) is 70.9 Å².